The highest BCUT2D eigenvalue weighted by Crippen LogP contribution is 2.47. The van der Waals surface area contributed by atoms with Gasteiger partial charge in [0.05, 0.1) is 24.1 Å². The third-order valence-corrected chi connectivity index (χ3v) is 7.24. The van der Waals surface area contributed by atoms with Gasteiger partial charge >= 0.3 is 6.03 Å². The van der Waals surface area contributed by atoms with E-state index < -0.39 is 17.3 Å². The molecule has 4 rings (SSSR count). The molecule has 0 spiro atoms. The van der Waals surface area contributed by atoms with Gasteiger partial charge in [0.15, 0.2) is 0 Å². The monoisotopic (exact) mass is 451 g/mol. The minimum absolute atomic E-state index is 0.131. The van der Waals surface area contributed by atoms with E-state index in [4.69, 9.17) is 4.74 Å². The van der Waals surface area contributed by atoms with E-state index in [1.54, 1.807) is 24.3 Å². The molecule has 0 bridgehead atoms. The fourth-order valence-corrected chi connectivity index (χ4v) is 5.37. The van der Waals surface area contributed by atoms with E-state index in [0.717, 1.165) is 20.9 Å². The number of nitrogens with one attached hydrogen (secondary N) is 1. The van der Waals surface area contributed by atoms with Crippen LogP contribution in [0.4, 0.5) is 10.5 Å². The number of nitrogens with zero attached hydrogens (tertiary/aromatic N) is 2. The van der Waals surface area contributed by atoms with Gasteiger partial charge in [-0.25, -0.2) is 9.69 Å². The summed E-state index contributed by atoms with van der Waals surface area (Å²) in [4.78, 5) is 43.3. The maximum absolute atomic E-state index is 13.5. The van der Waals surface area contributed by atoms with Crippen LogP contribution in [0.25, 0.3) is 0 Å². The molecule has 2 aromatic rings. The largest absolute Gasteiger partial charge is 0.497 e. The summed E-state index contributed by atoms with van der Waals surface area (Å²) in [6, 6.07) is 15.9. The number of fused-ring (bicyclic) bond motifs is 1. The molecule has 1 fully saturated rings. The van der Waals surface area contributed by atoms with Crippen LogP contribution in [0, 0.1) is 5.92 Å². The van der Waals surface area contributed by atoms with E-state index in [1.165, 1.54) is 23.8 Å². The molecule has 0 aliphatic carbocycles. The molecule has 1 saturated heterocycles. The third-order valence-electron chi connectivity index (χ3n) is 5.79. The first-order chi connectivity index (χ1) is 15.4. The normalized spacial score (nSPS) is 20.5. The molecule has 2 aliphatic heterocycles. The van der Waals surface area contributed by atoms with Crippen molar-refractivity contribution in [3.8, 4) is 5.75 Å². The summed E-state index contributed by atoms with van der Waals surface area (Å²) in [5.41, 5.74) is 2.33. The van der Waals surface area contributed by atoms with Crippen LogP contribution in [-0.2, 0) is 16.1 Å². The molecule has 2 aromatic carbocycles. The van der Waals surface area contributed by atoms with Crippen LogP contribution in [0.5, 0.6) is 5.75 Å². The van der Waals surface area contributed by atoms with Crippen LogP contribution in [0.3, 0.4) is 0 Å². The Bertz CT molecular complexity index is 1090. The van der Waals surface area contributed by atoms with Crippen LogP contribution in [-0.4, -0.2) is 41.8 Å². The summed E-state index contributed by atoms with van der Waals surface area (Å²) in [5, 5.41) is 2.44. The number of ether oxygens (including phenoxy) is 1. The summed E-state index contributed by atoms with van der Waals surface area (Å²) < 4.78 is 5.27. The van der Waals surface area contributed by atoms with Crippen molar-refractivity contribution in [3.05, 3.63) is 70.6 Å². The Morgan fingerprint density at radius 2 is 1.84 bits per heavy atom. The average Bonchev–Trinajstić information content (AvgIpc) is 3.10. The van der Waals surface area contributed by atoms with Crippen molar-refractivity contribution in [2.24, 2.45) is 5.92 Å². The molecule has 7 nitrogen and oxygen atoms in total. The molecule has 2 heterocycles. The molecule has 2 atom stereocenters. The lowest BCUT2D eigenvalue weighted by atomic mass is 9.95. The number of benzene rings is 2. The Morgan fingerprint density at radius 3 is 2.56 bits per heavy atom. The lowest BCUT2D eigenvalue weighted by Crippen LogP contribution is -2.61. The van der Waals surface area contributed by atoms with Gasteiger partial charge in [-0.2, -0.15) is 0 Å². The number of carbonyl (C=O) groups excluding carboxylic acids is 3. The molecule has 32 heavy (non-hydrogen) atoms. The first-order valence-corrected chi connectivity index (χ1v) is 11.2. The number of rotatable bonds is 6. The van der Waals surface area contributed by atoms with Gasteiger partial charge in [0.25, 0.3) is 0 Å². The minimum atomic E-state index is -0.505. The van der Waals surface area contributed by atoms with Crippen LogP contribution >= 0.6 is 11.8 Å². The lowest BCUT2D eigenvalue weighted by Gasteiger charge is -2.41. The van der Waals surface area contributed by atoms with Crippen molar-refractivity contribution in [3.63, 3.8) is 0 Å². The van der Waals surface area contributed by atoms with E-state index in [1.807, 2.05) is 44.2 Å². The van der Waals surface area contributed by atoms with Gasteiger partial charge in [-0.15, -0.1) is 11.8 Å². The number of imide groups is 1. The van der Waals surface area contributed by atoms with Crippen LogP contribution in [0.15, 0.2) is 65.1 Å². The van der Waals surface area contributed by atoms with Gasteiger partial charge in [0.2, 0.25) is 11.8 Å². The van der Waals surface area contributed by atoms with Crippen LogP contribution in [0.2, 0.25) is 0 Å². The van der Waals surface area contributed by atoms with Crippen molar-refractivity contribution in [1.29, 1.82) is 0 Å². The average molecular weight is 452 g/mol. The molecule has 0 radical (unpaired) electrons. The molecule has 1 N–H and O–H groups in total. The highest BCUT2D eigenvalue weighted by atomic mass is 32.2. The van der Waals surface area contributed by atoms with E-state index >= 15 is 0 Å². The van der Waals surface area contributed by atoms with E-state index in [2.05, 4.69) is 5.32 Å². The van der Waals surface area contributed by atoms with E-state index in [0.29, 0.717) is 18.0 Å². The number of allylic oxidation sites excluding steroid dienone is 1. The van der Waals surface area contributed by atoms with Crippen molar-refractivity contribution in [1.82, 2.24) is 10.2 Å². The van der Waals surface area contributed by atoms with Crippen molar-refractivity contribution in [2.45, 2.75) is 25.8 Å². The second-order valence-electron chi connectivity index (χ2n) is 7.77. The fraction of sp³-hybridized carbons (Fsp3) is 0.292. The van der Waals surface area contributed by atoms with Gasteiger partial charge in [-0.1, -0.05) is 36.4 Å². The SMILES string of the molecule is COc1cccc(N2C(=O)C3C(C)=C(C)SC3N(CC(=O)NCc3ccccc3)C2=O)c1. The van der Waals surface area contributed by atoms with Gasteiger partial charge in [-0.05, 0) is 42.0 Å². The lowest BCUT2D eigenvalue weighted by molar-refractivity contribution is -0.126. The molecule has 0 saturated carbocycles. The van der Waals surface area contributed by atoms with Crippen molar-refractivity contribution >= 4 is 35.3 Å². The third kappa shape index (κ3) is 4.10. The highest BCUT2D eigenvalue weighted by molar-refractivity contribution is 8.03. The van der Waals surface area contributed by atoms with Crippen molar-refractivity contribution < 1.29 is 19.1 Å². The first kappa shape index (κ1) is 22.0. The number of urea groups is 1. The number of amides is 4. The maximum atomic E-state index is 13.5. The Morgan fingerprint density at radius 1 is 1.09 bits per heavy atom. The molecule has 4 amide bonds. The second kappa shape index (κ2) is 9.08. The number of carbonyl (C=O) groups is 3. The highest BCUT2D eigenvalue weighted by Gasteiger charge is 2.51. The minimum Gasteiger partial charge on any atom is -0.497 e. The summed E-state index contributed by atoms with van der Waals surface area (Å²) >= 11 is 1.47. The quantitative estimate of drug-likeness (QED) is 0.724. The first-order valence-electron chi connectivity index (χ1n) is 10.3. The molecule has 2 unspecified atom stereocenters. The van der Waals surface area contributed by atoms with E-state index in [-0.39, 0.29) is 18.4 Å². The summed E-state index contributed by atoms with van der Waals surface area (Å²) in [7, 11) is 1.53. The van der Waals surface area contributed by atoms with E-state index in [9.17, 15) is 14.4 Å². The van der Waals surface area contributed by atoms with Gasteiger partial charge in [0, 0.05) is 12.6 Å². The Balaban J connectivity index is 1.59. The van der Waals surface area contributed by atoms with Crippen molar-refractivity contribution in [2.75, 3.05) is 18.6 Å². The number of thioether (sulfide) groups is 1. The Kier molecular flexibility index (Phi) is 6.23. The molecule has 166 valence electrons. The number of hydrogen-bond acceptors (Lipinski definition) is 5. The van der Waals surface area contributed by atoms with Crippen LogP contribution < -0.4 is 15.0 Å². The van der Waals surface area contributed by atoms with Gasteiger partial charge in [-0.3, -0.25) is 9.59 Å². The van der Waals surface area contributed by atoms with Gasteiger partial charge < -0.3 is 15.0 Å². The summed E-state index contributed by atoms with van der Waals surface area (Å²) in [6.45, 7) is 4.10. The Hall–Kier alpha value is -3.26. The number of hydrogen-bond donors (Lipinski definition) is 1. The molecule has 0 aromatic heterocycles. The summed E-state index contributed by atoms with van der Waals surface area (Å²) in [6.07, 6.45) is 0. The van der Waals surface area contributed by atoms with Gasteiger partial charge in [0.1, 0.15) is 12.3 Å². The predicted octanol–water partition coefficient (Wildman–Crippen LogP) is 3.76. The van der Waals surface area contributed by atoms with Crippen LogP contribution in [0.1, 0.15) is 19.4 Å². The second-order valence-corrected chi connectivity index (χ2v) is 9.10. The predicted molar refractivity (Wildman–Crippen MR) is 124 cm³/mol. The standard InChI is InChI=1S/C24H25N3O4S/c1-15-16(2)32-23-21(15)22(29)27(18-10-7-11-19(12-18)31-3)24(30)26(23)14-20(28)25-13-17-8-5-4-6-9-17/h4-12,21,23H,13-14H2,1-3H3,(H,25,28). The topological polar surface area (TPSA) is 79.0 Å². The molecular weight excluding hydrogens is 426 g/mol. The summed E-state index contributed by atoms with van der Waals surface area (Å²) in [5.74, 6) is -0.507. The zero-order valence-electron chi connectivity index (χ0n) is 18.2. The zero-order valence-corrected chi connectivity index (χ0v) is 19.0. The number of anilines is 1. The molecule has 2 aliphatic rings. The molecular formula is C24H25N3O4S. The zero-order chi connectivity index (χ0) is 22.8. The molecule has 8 heteroatoms. The maximum Gasteiger partial charge on any atom is 0.332 e. The smallest absolute Gasteiger partial charge is 0.332 e. The Labute approximate surface area is 191 Å². The fourth-order valence-electron chi connectivity index (χ4n) is 3.95. The number of methoxy groups -OCH3 is 1.